The first-order chi connectivity index (χ1) is 11.2. The first-order valence-electron chi connectivity index (χ1n) is 7.69. The summed E-state index contributed by atoms with van der Waals surface area (Å²) in [6.07, 6.45) is -9.55. The predicted octanol–water partition coefficient (Wildman–Crippen LogP) is -5.61. The second-order valence-corrected chi connectivity index (χ2v) is 6.35. The van der Waals surface area contributed by atoms with E-state index in [9.17, 15) is 46.0 Å². The second-order valence-electron chi connectivity index (χ2n) is 6.35. The highest BCUT2D eigenvalue weighted by atomic mass is 16.4. The van der Waals surface area contributed by atoms with Gasteiger partial charge in [0.2, 0.25) is 0 Å². The fourth-order valence-corrected chi connectivity index (χ4v) is 3.31. The van der Waals surface area contributed by atoms with Crippen molar-refractivity contribution >= 4 is 0 Å². The van der Waals surface area contributed by atoms with E-state index in [2.05, 4.69) is 5.32 Å². The smallest absolute Gasteiger partial charge is 0.111 e. The molecule has 10 atom stereocenters. The standard InChI is InChI=1S/C14H25NO9/c16-2-4-1-6(11(21)13(23)8(4)18)15-7-9(19)5(3-17)10(20)14(24)12(7)22/h1,5-24H,2-3H2. The Labute approximate surface area is 137 Å². The first-order valence-corrected chi connectivity index (χ1v) is 7.69. The van der Waals surface area contributed by atoms with E-state index in [0.717, 1.165) is 0 Å². The minimum atomic E-state index is -1.64. The van der Waals surface area contributed by atoms with Crippen LogP contribution in [0.1, 0.15) is 0 Å². The Morgan fingerprint density at radius 1 is 0.750 bits per heavy atom. The zero-order valence-corrected chi connectivity index (χ0v) is 12.8. The highest BCUT2D eigenvalue weighted by molar-refractivity contribution is 5.22. The number of aliphatic hydroxyl groups excluding tert-OH is 9. The van der Waals surface area contributed by atoms with E-state index in [4.69, 9.17) is 0 Å². The summed E-state index contributed by atoms with van der Waals surface area (Å²) in [5.41, 5.74) is 0.0457. The molecule has 0 aliphatic heterocycles. The molecule has 0 heterocycles. The van der Waals surface area contributed by atoms with Crippen LogP contribution in [0.15, 0.2) is 11.6 Å². The molecule has 2 aliphatic rings. The summed E-state index contributed by atoms with van der Waals surface area (Å²) in [6.45, 7) is -1.21. The molecule has 0 amide bonds. The van der Waals surface area contributed by atoms with Gasteiger partial charge in [0.05, 0.1) is 37.5 Å². The first kappa shape index (κ1) is 19.7. The third-order valence-corrected chi connectivity index (χ3v) is 4.91. The average molecular weight is 351 g/mol. The van der Waals surface area contributed by atoms with Crippen molar-refractivity contribution in [1.29, 1.82) is 0 Å². The molecular weight excluding hydrogens is 326 g/mol. The van der Waals surface area contributed by atoms with Gasteiger partial charge in [0.1, 0.15) is 30.5 Å². The van der Waals surface area contributed by atoms with Crippen molar-refractivity contribution in [3.05, 3.63) is 11.6 Å². The van der Waals surface area contributed by atoms with E-state index in [-0.39, 0.29) is 5.57 Å². The van der Waals surface area contributed by atoms with Gasteiger partial charge in [-0.1, -0.05) is 6.08 Å². The van der Waals surface area contributed by atoms with E-state index in [0.29, 0.717) is 0 Å². The van der Waals surface area contributed by atoms with Crippen LogP contribution in [0.2, 0.25) is 0 Å². The molecule has 10 unspecified atom stereocenters. The van der Waals surface area contributed by atoms with Crippen molar-refractivity contribution in [1.82, 2.24) is 5.32 Å². The Morgan fingerprint density at radius 2 is 1.38 bits per heavy atom. The molecule has 0 aromatic rings. The van der Waals surface area contributed by atoms with Crippen LogP contribution < -0.4 is 5.32 Å². The lowest BCUT2D eigenvalue weighted by Crippen LogP contribution is -2.69. The molecule has 10 N–H and O–H groups in total. The van der Waals surface area contributed by atoms with Gasteiger partial charge in [-0.2, -0.15) is 0 Å². The number of rotatable bonds is 4. The zero-order chi connectivity index (χ0) is 18.2. The summed E-state index contributed by atoms with van der Waals surface area (Å²) in [5, 5.41) is 90.6. The fourth-order valence-electron chi connectivity index (χ4n) is 3.31. The normalized spacial score (nSPS) is 49.8. The molecular formula is C14H25NO9. The molecule has 0 aromatic heterocycles. The lowest BCUT2D eigenvalue weighted by atomic mass is 9.76. The quantitative estimate of drug-likeness (QED) is 0.218. The summed E-state index contributed by atoms with van der Waals surface area (Å²) in [7, 11) is 0. The van der Waals surface area contributed by atoms with Crippen molar-refractivity contribution in [3.8, 4) is 0 Å². The highest BCUT2D eigenvalue weighted by Gasteiger charge is 2.50. The van der Waals surface area contributed by atoms with Crippen molar-refractivity contribution in [2.75, 3.05) is 13.2 Å². The largest absolute Gasteiger partial charge is 0.396 e. The Bertz CT molecular complexity index is 462. The summed E-state index contributed by atoms with van der Waals surface area (Å²) in [5.74, 6) is -1.13. The van der Waals surface area contributed by atoms with Gasteiger partial charge in [-0.3, -0.25) is 0 Å². The lowest BCUT2D eigenvalue weighted by molar-refractivity contribution is -0.176. The summed E-state index contributed by atoms with van der Waals surface area (Å²) >= 11 is 0. The van der Waals surface area contributed by atoms with Crippen LogP contribution in [0.25, 0.3) is 0 Å². The molecule has 1 saturated carbocycles. The third kappa shape index (κ3) is 3.35. The SMILES string of the molecule is OCC1=CC(NC2C(O)C(O)C(O)C(CO)C2O)C(O)C(O)C1O. The molecule has 0 saturated heterocycles. The van der Waals surface area contributed by atoms with Crippen molar-refractivity contribution in [2.24, 2.45) is 5.92 Å². The van der Waals surface area contributed by atoms with Crippen LogP contribution in [-0.2, 0) is 0 Å². The molecule has 10 nitrogen and oxygen atoms in total. The topological polar surface area (TPSA) is 194 Å². The molecule has 0 spiro atoms. The van der Waals surface area contributed by atoms with E-state index >= 15 is 0 Å². The maximum atomic E-state index is 10.2. The number of hydrogen-bond donors (Lipinski definition) is 10. The minimum absolute atomic E-state index is 0.0457. The second kappa shape index (κ2) is 7.70. The highest BCUT2D eigenvalue weighted by Crippen LogP contribution is 2.28. The average Bonchev–Trinajstić information content (AvgIpc) is 2.57. The summed E-state index contributed by atoms with van der Waals surface area (Å²) in [4.78, 5) is 0. The minimum Gasteiger partial charge on any atom is -0.396 e. The van der Waals surface area contributed by atoms with Crippen LogP contribution in [-0.4, -0.2) is 114 Å². The lowest BCUT2D eigenvalue weighted by Gasteiger charge is -2.46. The molecule has 2 rings (SSSR count). The van der Waals surface area contributed by atoms with E-state index in [1.54, 1.807) is 0 Å². The van der Waals surface area contributed by atoms with Gasteiger partial charge in [0, 0.05) is 5.92 Å². The maximum absolute atomic E-state index is 10.2. The van der Waals surface area contributed by atoms with Gasteiger partial charge in [-0.25, -0.2) is 0 Å². The Kier molecular flexibility index (Phi) is 6.31. The monoisotopic (exact) mass is 351 g/mol. The maximum Gasteiger partial charge on any atom is 0.111 e. The molecule has 0 aromatic carbocycles. The molecule has 0 bridgehead atoms. The molecule has 24 heavy (non-hydrogen) atoms. The van der Waals surface area contributed by atoms with E-state index < -0.39 is 73.9 Å². The number of aliphatic hydroxyl groups is 9. The van der Waals surface area contributed by atoms with E-state index in [1.807, 2.05) is 0 Å². The predicted molar refractivity (Wildman–Crippen MR) is 78.5 cm³/mol. The van der Waals surface area contributed by atoms with E-state index in [1.165, 1.54) is 6.08 Å². The van der Waals surface area contributed by atoms with Crippen LogP contribution in [0.4, 0.5) is 0 Å². The van der Waals surface area contributed by atoms with Crippen molar-refractivity contribution in [2.45, 2.75) is 54.8 Å². The molecule has 2 aliphatic carbocycles. The summed E-state index contributed by atoms with van der Waals surface area (Å²) < 4.78 is 0. The number of hydrogen-bond acceptors (Lipinski definition) is 10. The van der Waals surface area contributed by atoms with Crippen LogP contribution in [0, 0.1) is 5.92 Å². The van der Waals surface area contributed by atoms with Crippen molar-refractivity contribution in [3.63, 3.8) is 0 Å². The Hall–Kier alpha value is -0.660. The zero-order valence-electron chi connectivity index (χ0n) is 12.8. The van der Waals surface area contributed by atoms with Crippen LogP contribution in [0.3, 0.4) is 0 Å². The molecule has 1 fully saturated rings. The molecule has 140 valence electrons. The van der Waals surface area contributed by atoms with Gasteiger partial charge in [0.25, 0.3) is 0 Å². The van der Waals surface area contributed by atoms with Crippen molar-refractivity contribution < 1.29 is 46.0 Å². The molecule has 10 heteroatoms. The van der Waals surface area contributed by atoms with Gasteiger partial charge < -0.3 is 51.3 Å². The third-order valence-electron chi connectivity index (χ3n) is 4.91. The number of nitrogens with one attached hydrogen (secondary N) is 1. The van der Waals surface area contributed by atoms with Gasteiger partial charge in [-0.05, 0) is 5.57 Å². The van der Waals surface area contributed by atoms with Crippen LogP contribution in [0.5, 0.6) is 0 Å². The van der Waals surface area contributed by atoms with Gasteiger partial charge in [-0.15, -0.1) is 0 Å². The molecule has 0 radical (unpaired) electrons. The van der Waals surface area contributed by atoms with Gasteiger partial charge >= 0.3 is 0 Å². The van der Waals surface area contributed by atoms with Gasteiger partial charge in [0.15, 0.2) is 0 Å². The Morgan fingerprint density at radius 3 is 1.92 bits per heavy atom. The summed E-state index contributed by atoms with van der Waals surface area (Å²) in [6, 6.07) is -2.29. The fraction of sp³-hybridized carbons (Fsp3) is 0.857. The Balaban J connectivity index is 2.23. The van der Waals surface area contributed by atoms with Crippen LogP contribution >= 0.6 is 0 Å².